The van der Waals surface area contributed by atoms with Gasteiger partial charge < -0.3 is 4.57 Å². The molecule has 0 amide bonds. The minimum atomic E-state index is -0.00408. The van der Waals surface area contributed by atoms with Gasteiger partial charge >= 0.3 is 0 Å². The molecule has 2 aromatic rings. The first-order valence-electron chi connectivity index (χ1n) is 6.73. The molecular formula is C15H20Cl2N2. The summed E-state index contributed by atoms with van der Waals surface area (Å²) in [6.07, 6.45) is 2.97. The Morgan fingerprint density at radius 3 is 2.68 bits per heavy atom. The highest BCUT2D eigenvalue weighted by Gasteiger charge is 2.26. The number of rotatable bonds is 5. The number of aryl methyl sites for hydroxylation is 1. The van der Waals surface area contributed by atoms with Crippen LogP contribution in [0, 0.1) is 0 Å². The summed E-state index contributed by atoms with van der Waals surface area (Å²) >= 11 is 12.3. The third kappa shape index (κ3) is 2.75. The Hall–Kier alpha value is -0.730. The third-order valence-corrected chi connectivity index (χ3v) is 3.98. The largest absolute Gasteiger partial charge is 0.321 e. The number of imidazole rings is 1. The van der Waals surface area contributed by atoms with Crippen LogP contribution in [0.1, 0.15) is 39.4 Å². The fourth-order valence-corrected chi connectivity index (χ4v) is 3.18. The SMILES string of the molecule is CCCC(C)(C)n1c(CCCl)nc2cccc(Cl)c21. The number of hydrogen-bond donors (Lipinski definition) is 0. The van der Waals surface area contributed by atoms with Crippen molar-refractivity contribution in [2.75, 3.05) is 5.88 Å². The standard InChI is InChI=1S/C15H20Cl2N2/c1-4-9-15(2,3)19-13(8-10-16)18-12-7-5-6-11(17)14(12)19/h5-7H,4,8-10H2,1-3H3. The van der Waals surface area contributed by atoms with E-state index >= 15 is 0 Å². The molecule has 2 nitrogen and oxygen atoms in total. The van der Waals surface area contributed by atoms with Gasteiger partial charge in [-0.1, -0.05) is 31.0 Å². The van der Waals surface area contributed by atoms with Crippen LogP contribution in [0.15, 0.2) is 18.2 Å². The molecule has 0 fully saturated rings. The minimum absolute atomic E-state index is 0.00408. The molecule has 4 heteroatoms. The van der Waals surface area contributed by atoms with Crippen LogP contribution < -0.4 is 0 Å². The molecule has 0 aliphatic heterocycles. The molecule has 0 unspecified atom stereocenters. The predicted octanol–water partition coefficient (Wildman–Crippen LogP) is 5.01. The zero-order valence-electron chi connectivity index (χ0n) is 11.7. The van der Waals surface area contributed by atoms with Gasteiger partial charge in [-0.2, -0.15) is 0 Å². The van der Waals surface area contributed by atoms with E-state index in [0.29, 0.717) is 5.88 Å². The van der Waals surface area contributed by atoms with Crippen molar-refractivity contribution in [2.45, 2.75) is 45.6 Å². The van der Waals surface area contributed by atoms with Gasteiger partial charge in [-0.15, -0.1) is 11.6 Å². The van der Waals surface area contributed by atoms with Crippen molar-refractivity contribution in [1.82, 2.24) is 9.55 Å². The third-order valence-electron chi connectivity index (χ3n) is 3.48. The number of alkyl halides is 1. The molecule has 0 spiro atoms. The summed E-state index contributed by atoms with van der Waals surface area (Å²) in [6.45, 7) is 6.67. The first-order chi connectivity index (χ1) is 9.01. The van der Waals surface area contributed by atoms with Gasteiger partial charge in [-0.3, -0.25) is 0 Å². The van der Waals surface area contributed by atoms with Crippen LogP contribution in [0.4, 0.5) is 0 Å². The van der Waals surface area contributed by atoms with Gasteiger partial charge in [-0.05, 0) is 32.4 Å². The molecule has 0 bridgehead atoms. The molecule has 0 saturated heterocycles. The quantitative estimate of drug-likeness (QED) is 0.710. The van der Waals surface area contributed by atoms with Gasteiger partial charge in [0.1, 0.15) is 5.82 Å². The summed E-state index contributed by atoms with van der Waals surface area (Å²) < 4.78 is 2.27. The minimum Gasteiger partial charge on any atom is -0.321 e. The second-order valence-corrected chi connectivity index (χ2v) is 6.26. The summed E-state index contributed by atoms with van der Waals surface area (Å²) in [5, 5.41) is 0.759. The molecule has 1 aromatic heterocycles. The Morgan fingerprint density at radius 2 is 2.05 bits per heavy atom. The zero-order valence-corrected chi connectivity index (χ0v) is 13.2. The van der Waals surface area contributed by atoms with Crippen molar-refractivity contribution in [2.24, 2.45) is 0 Å². The molecular weight excluding hydrogens is 279 g/mol. The molecule has 0 aliphatic carbocycles. The molecule has 19 heavy (non-hydrogen) atoms. The van der Waals surface area contributed by atoms with E-state index in [9.17, 15) is 0 Å². The molecule has 2 rings (SSSR count). The van der Waals surface area contributed by atoms with E-state index in [4.69, 9.17) is 28.2 Å². The average Bonchev–Trinajstić information content (AvgIpc) is 2.70. The van der Waals surface area contributed by atoms with E-state index in [2.05, 4.69) is 25.3 Å². The number of benzene rings is 1. The van der Waals surface area contributed by atoms with Gasteiger partial charge in [0.2, 0.25) is 0 Å². The van der Waals surface area contributed by atoms with Gasteiger partial charge in [0, 0.05) is 17.8 Å². The summed E-state index contributed by atoms with van der Waals surface area (Å²) in [6, 6.07) is 5.88. The van der Waals surface area contributed by atoms with Crippen molar-refractivity contribution < 1.29 is 0 Å². The van der Waals surface area contributed by atoms with Gasteiger partial charge in [0.05, 0.1) is 16.1 Å². The monoisotopic (exact) mass is 298 g/mol. The van der Waals surface area contributed by atoms with Crippen molar-refractivity contribution in [3.63, 3.8) is 0 Å². The fourth-order valence-electron chi connectivity index (χ4n) is 2.76. The highest BCUT2D eigenvalue weighted by molar-refractivity contribution is 6.35. The predicted molar refractivity (Wildman–Crippen MR) is 83.4 cm³/mol. The first kappa shape index (κ1) is 14.7. The molecule has 0 radical (unpaired) electrons. The lowest BCUT2D eigenvalue weighted by Gasteiger charge is -2.29. The van der Waals surface area contributed by atoms with E-state index in [0.717, 1.165) is 41.1 Å². The summed E-state index contributed by atoms with van der Waals surface area (Å²) in [5.74, 6) is 1.60. The highest BCUT2D eigenvalue weighted by Crippen LogP contribution is 2.33. The summed E-state index contributed by atoms with van der Waals surface area (Å²) in [4.78, 5) is 4.71. The Morgan fingerprint density at radius 1 is 1.32 bits per heavy atom. The van der Waals surface area contributed by atoms with Gasteiger partial charge in [-0.25, -0.2) is 4.98 Å². The normalized spacial score (nSPS) is 12.3. The lowest BCUT2D eigenvalue weighted by atomic mass is 9.97. The maximum absolute atomic E-state index is 6.39. The molecule has 1 heterocycles. The van der Waals surface area contributed by atoms with Crippen LogP contribution in [0.3, 0.4) is 0 Å². The van der Waals surface area contributed by atoms with E-state index in [1.54, 1.807) is 0 Å². The van der Waals surface area contributed by atoms with E-state index in [1.807, 2.05) is 18.2 Å². The first-order valence-corrected chi connectivity index (χ1v) is 7.64. The fraction of sp³-hybridized carbons (Fsp3) is 0.533. The second-order valence-electron chi connectivity index (χ2n) is 5.47. The average molecular weight is 299 g/mol. The number of nitrogens with zero attached hydrogens (tertiary/aromatic N) is 2. The smallest absolute Gasteiger partial charge is 0.111 e. The second kappa shape index (κ2) is 5.72. The Kier molecular flexibility index (Phi) is 4.42. The van der Waals surface area contributed by atoms with Crippen LogP contribution in [0.5, 0.6) is 0 Å². The van der Waals surface area contributed by atoms with E-state index in [-0.39, 0.29) is 5.54 Å². The summed E-state index contributed by atoms with van der Waals surface area (Å²) in [7, 11) is 0. The Balaban J connectivity index is 2.70. The number of aromatic nitrogens is 2. The maximum atomic E-state index is 6.39. The van der Waals surface area contributed by atoms with Crippen LogP contribution in [0.2, 0.25) is 5.02 Å². The van der Waals surface area contributed by atoms with E-state index < -0.39 is 0 Å². The van der Waals surface area contributed by atoms with E-state index in [1.165, 1.54) is 0 Å². The molecule has 0 N–H and O–H groups in total. The van der Waals surface area contributed by atoms with Crippen molar-refractivity contribution in [1.29, 1.82) is 0 Å². The molecule has 1 aromatic carbocycles. The van der Waals surface area contributed by atoms with Crippen LogP contribution in [0.25, 0.3) is 11.0 Å². The molecule has 104 valence electrons. The number of halogens is 2. The van der Waals surface area contributed by atoms with Crippen molar-refractivity contribution in [3.05, 3.63) is 29.0 Å². The Labute approximate surface area is 124 Å². The maximum Gasteiger partial charge on any atom is 0.111 e. The molecule has 0 aliphatic rings. The van der Waals surface area contributed by atoms with Crippen LogP contribution in [-0.2, 0) is 12.0 Å². The van der Waals surface area contributed by atoms with Crippen molar-refractivity contribution in [3.8, 4) is 0 Å². The van der Waals surface area contributed by atoms with Gasteiger partial charge in [0.25, 0.3) is 0 Å². The Bertz CT molecular complexity index is 573. The lowest BCUT2D eigenvalue weighted by molar-refractivity contribution is 0.324. The highest BCUT2D eigenvalue weighted by atomic mass is 35.5. The van der Waals surface area contributed by atoms with Crippen molar-refractivity contribution >= 4 is 34.2 Å². The number of hydrogen-bond acceptors (Lipinski definition) is 1. The zero-order chi connectivity index (χ0) is 14.0. The topological polar surface area (TPSA) is 17.8 Å². The number of para-hydroxylation sites is 1. The summed E-state index contributed by atoms with van der Waals surface area (Å²) in [5.41, 5.74) is 1.98. The molecule has 0 saturated carbocycles. The van der Waals surface area contributed by atoms with Crippen LogP contribution in [-0.4, -0.2) is 15.4 Å². The van der Waals surface area contributed by atoms with Crippen LogP contribution >= 0.6 is 23.2 Å². The molecule has 0 atom stereocenters. The lowest BCUT2D eigenvalue weighted by Crippen LogP contribution is -2.28. The number of fused-ring (bicyclic) bond motifs is 1. The van der Waals surface area contributed by atoms with Gasteiger partial charge in [0.15, 0.2) is 0 Å².